The van der Waals surface area contributed by atoms with E-state index in [-0.39, 0.29) is 5.69 Å². The van der Waals surface area contributed by atoms with Crippen molar-refractivity contribution in [2.24, 2.45) is 11.7 Å². The number of anilines is 1. The van der Waals surface area contributed by atoms with Crippen LogP contribution in [0.3, 0.4) is 0 Å². The van der Waals surface area contributed by atoms with Crippen LogP contribution in [0, 0.1) is 5.92 Å². The number of hydrogen-bond donors (Lipinski definition) is 1. The smallest absolute Gasteiger partial charge is 0.269 e. The third-order valence-corrected chi connectivity index (χ3v) is 4.37. The van der Waals surface area contributed by atoms with Gasteiger partial charge in [-0.25, -0.2) is 0 Å². The zero-order valence-corrected chi connectivity index (χ0v) is 13.9. The molecule has 0 aliphatic carbocycles. The molecule has 2 N–H and O–H groups in total. The lowest BCUT2D eigenvalue weighted by molar-refractivity contribution is 0.0994. The summed E-state index contributed by atoms with van der Waals surface area (Å²) < 4.78 is 5.86. The molecule has 24 heavy (non-hydrogen) atoms. The number of nitrogens with two attached hydrogens (primary N) is 1. The Bertz CT molecular complexity index is 708. The SMILES string of the molecule is NC(=O)c1ccc(N2CCC[C@@H](COc3ccccc3Cl)C2)nn1. The van der Waals surface area contributed by atoms with Crippen molar-refractivity contribution in [3.63, 3.8) is 0 Å². The first-order chi connectivity index (χ1) is 11.6. The molecular formula is C17H19ClN4O2. The lowest BCUT2D eigenvalue weighted by Crippen LogP contribution is -2.38. The maximum atomic E-state index is 11.1. The van der Waals surface area contributed by atoms with Gasteiger partial charge in [0.1, 0.15) is 5.75 Å². The monoisotopic (exact) mass is 346 g/mol. The molecule has 0 unspecified atom stereocenters. The number of aromatic nitrogens is 2. The van der Waals surface area contributed by atoms with Crippen molar-refractivity contribution < 1.29 is 9.53 Å². The number of para-hydroxylation sites is 1. The first-order valence-corrected chi connectivity index (χ1v) is 8.27. The molecule has 0 bridgehead atoms. The quantitative estimate of drug-likeness (QED) is 0.899. The average Bonchev–Trinajstić information content (AvgIpc) is 2.61. The summed E-state index contributed by atoms with van der Waals surface area (Å²) in [4.78, 5) is 13.2. The fourth-order valence-electron chi connectivity index (χ4n) is 2.80. The van der Waals surface area contributed by atoms with Crippen molar-refractivity contribution in [1.29, 1.82) is 0 Å². The fraction of sp³-hybridized carbons (Fsp3) is 0.353. The lowest BCUT2D eigenvalue weighted by Gasteiger charge is -2.33. The first-order valence-electron chi connectivity index (χ1n) is 7.89. The third-order valence-electron chi connectivity index (χ3n) is 4.06. The van der Waals surface area contributed by atoms with Crippen molar-refractivity contribution in [2.75, 3.05) is 24.6 Å². The number of piperidine rings is 1. The molecule has 7 heteroatoms. The zero-order valence-electron chi connectivity index (χ0n) is 13.2. The number of amides is 1. The molecule has 1 aromatic carbocycles. The number of rotatable bonds is 5. The molecule has 1 aromatic heterocycles. The zero-order chi connectivity index (χ0) is 16.9. The summed E-state index contributed by atoms with van der Waals surface area (Å²) in [5.74, 6) is 1.27. The van der Waals surface area contributed by atoms with Crippen LogP contribution in [0.15, 0.2) is 36.4 Å². The van der Waals surface area contributed by atoms with Gasteiger partial charge in [0.2, 0.25) is 0 Å². The van der Waals surface area contributed by atoms with E-state index in [2.05, 4.69) is 15.1 Å². The summed E-state index contributed by atoms with van der Waals surface area (Å²) >= 11 is 6.12. The van der Waals surface area contributed by atoms with Crippen LogP contribution >= 0.6 is 11.6 Å². The normalized spacial score (nSPS) is 17.5. The Hall–Kier alpha value is -2.34. The van der Waals surface area contributed by atoms with Gasteiger partial charge in [0, 0.05) is 19.0 Å². The van der Waals surface area contributed by atoms with Crippen LogP contribution in [-0.2, 0) is 0 Å². The minimum Gasteiger partial charge on any atom is -0.492 e. The molecule has 2 heterocycles. The van der Waals surface area contributed by atoms with E-state index in [4.69, 9.17) is 22.1 Å². The van der Waals surface area contributed by atoms with Gasteiger partial charge >= 0.3 is 0 Å². The van der Waals surface area contributed by atoms with Gasteiger partial charge < -0.3 is 15.4 Å². The summed E-state index contributed by atoms with van der Waals surface area (Å²) in [5, 5.41) is 8.60. The number of halogens is 1. The Labute approximate surface area is 145 Å². The predicted molar refractivity (Wildman–Crippen MR) is 92.4 cm³/mol. The molecule has 1 atom stereocenters. The highest BCUT2D eigenvalue weighted by atomic mass is 35.5. The molecule has 0 radical (unpaired) electrons. The molecule has 2 aromatic rings. The highest BCUT2D eigenvalue weighted by Gasteiger charge is 2.22. The number of nitrogens with zero attached hydrogens (tertiary/aromatic N) is 3. The van der Waals surface area contributed by atoms with Crippen LogP contribution in [0.25, 0.3) is 0 Å². The van der Waals surface area contributed by atoms with Crippen molar-refractivity contribution in [3.05, 3.63) is 47.1 Å². The van der Waals surface area contributed by atoms with Gasteiger partial charge in [-0.1, -0.05) is 23.7 Å². The molecule has 1 aliphatic rings. The largest absolute Gasteiger partial charge is 0.492 e. The predicted octanol–water partition coefficient (Wildman–Crippen LogP) is 2.52. The Morgan fingerprint density at radius 3 is 2.83 bits per heavy atom. The highest BCUT2D eigenvalue weighted by molar-refractivity contribution is 6.32. The van der Waals surface area contributed by atoms with Crippen LogP contribution in [-0.4, -0.2) is 35.8 Å². The summed E-state index contributed by atoms with van der Waals surface area (Å²) in [6.07, 6.45) is 2.14. The van der Waals surface area contributed by atoms with Crippen LogP contribution in [0.5, 0.6) is 5.75 Å². The molecule has 0 spiro atoms. The first kappa shape index (κ1) is 16.5. The molecular weight excluding hydrogens is 328 g/mol. The van der Waals surface area contributed by atoms with E-state index >= 15 is 0 Å². The Balaban J connectivity index is 1.60. The van der Waals surface area contributed by atoms with Gasteiger partial charge in [-0.2, -0.15) is 0 Å². The second-order valence-electron chi connectivity index (χ2n) is 5.84. The van der Waals surface area contributed by atoms with E-state index in [0.717, 1.165) is 31.7 Å². The van der Waals surface area contributed by atoms with Gasteiger partial charge in [-0.3, -0.25) is 4.79 Å². The lowest BCUT2D eigenvalue weighted by atomic mass is 9.99. The molecule has 1 aliphatic heterocycles. The van der Waals surface area contributed by atoms with E-state index in [0.29, 0.717) is 23.3 Å². The number of benzene rings is 1. The second-order valence-corrected chi connectivity index (χ2v) is 6.24. The molecule has 3 rings (SSSR count). The van der Waals surface area contributed by atoms with Gasteiger partial charge in [-0.15, -0.1) is 10.2 Å². The number of hydrogen-bond acceptors (Lipinski definition) is 5. The molecule has 1 amide bonds. The second kappa shape index (κ2) is 7.49. The van der Waals surface area contributed by atoms with E-state index in [1.165, 1.54) is 0 Å². The van der Waals surface area contributed by atoms with Crippen molar-refractivity contribution in [1.82, 2.24) is 10.2 Å². The van der Waals surface area contributed by atoms with E-state index in [1.54, 1.807) is 12.1 Å². The average molecular weight is 347 g/mol. The Morgan fingerprint density at radius 2 is 2.12 bits per heavy atom. The number of carbonyl (C=O) groups excluding carboxylic acids is 1. The number of carbonyl (C=O) groups is 1. The van der Waals surface area contributed by atoms with E-state index in [1.807, 2.05) is 24.3 Å². The highest BCUT2D eigenvalue weighted by Crippen LogP contribution is 2.26. The minimum absolute atomic E-state index is 0.175. The van der Waals surface area contributed by atoms with E-state index < -0.39 is 5.91 Å². The summed E-state index contributed by atoms with van der Waals surface area (Å²) in [5.41, 5.74) is 5.36. The maximum Gasteiger partial charge on any atom is 0.269 e. The van der Waals surface area contributed by atoms with Gasteiger partial charge in [0.25, 0.3) is 5.91 Å². The fourth-order valence-corrected chi connectivity index (χ4v) is 2.99. The molecule has 6 nitrogen and oxygen atoms in total. The summed E-state index contributed by atoms with van der Waals surface area (Å²) in [6.45, 7) is 2.34. The molecule has 1 saturated heterocycles. The third kappa shape index (κ3) is 3.94. The molecule has 126 valence electrons. The molecule has 0 saturated carbocycles. The van der Waals surface area contributed by atoms with Crippen molar-refractivity contribution >= 4 is 23.3 Å². The topological polar surface area (TPSA) is 81.3 Å². The van der Waals surface area contributed by atoms with Gasteiger partial charge in [-0.05, 0) is 37.1 Å². The van der Waals surface area contributed by atoms with Crippen LogP contribution < -0.4 is 15.4 Å². The maximum absolute atomic E-state index is 11.1. The van der Waals surface area contributed by atoms with Crippen molar-refractivity contribution in [2.45, 2.75) is 12.8 Å². The molecule has 1 fully saturated rings. The van der Waals surface area contributed by atoms with Crippen LogP contribution in [0.2, 0.25) is 5.02 Å². The van der Waals surface area contributed by atoms with Crippen molar-refractivity contribution in [3.8, 4) is 5.75 Å². The number of ether oxygens (including phenoxy) is 1. The van der Waals surface area contributed by atoms with E-state index in [9.17, 15) is 4.79 Å². The standard InChI is InChI=1S/C17H19ClN4O2/c18-13-5-1-2-6-15(13)24-11-12-4-3-9-22(10-12)16-8-7-14(17(19)23)20-21-16/h1-2,5-8,12H,3-4,9-11H2,(H2,19,23)/t12-/m1/s1. The number of primary amides is 1. The van der Waals surface area contributed by atoms with Crippen LogP contribution in [0.1, 0.15) is 23.3 Å². The minimum atomic E-state index is -0.571. The summed E-state index contributed by atoms with van der Waals surface area (Å²) in [6, 6.07) is 10.9. The van der Waals surface area contributed by atoms with Gasteiger partial charge in [0.05, 0.1) is 11.6 Å². The summed E-state index contributed by atoms with van der Waals surface area (Å²) in [7, 11) is 0. The van der Waals surface area contributed by atoms with Gasteiger partial charge in [0.15, 0.2) is 11.5 Å². The Kier molecular flexibility index (Phi) is 5.15. The Morgan fingerprint density at radius 1 is 1.29 bits per heavy atom. The van der Waals surface area contributed by atoms with Crippen LogP contribution in [0.4, 0.5) is 5.82 Å².